The summed E-state index contributed by atoms with van der Waals surface area (Å²) >= 11 is 0. The highest BCUT2D eigenvalue weighted by atomic mass is 16.4. The summed E-state index contributed by atoms with van der Waals surface area (Å²) in [5.41, 5.74) is 13.6. The van der Waals surface area contributed by atoms with Crippen molar-refractivity contribution in [1.29, 1.82) is 0 Å². The minimum Gasteiger partial charge on any atom is -0.481 e. The number of nitrogens with one attached hydrogen (secondary N) is 4. The van der Waals surface area contributed by atoms with Gasteiger partial charge in [-0.15, -0.1) is 0 Å². The van der Waals surface area contributed by atoms with Crippen LogP contribution in [0.3, 0.4) is 0 Å². The Morgan fingerprint density at radius 3 is 2.15 bits per heavy atom. The first kappa shape index (κ1) is 33.2. The van der Waals surface area contributed by atoms with Gasteiger partial charge in [-0.3, -0.25) is 19.2 Å². The quantitative estimate of drug-likeness (QED) is 0.116. The average molecular weight is 575 g/mol. The number of carboxylic acid groups (broad SMARTS) is 2. The van der Waals surface area contributed by atoms with Gasteiger partial charge in [0, 0.05) is 23.5 Å². The minimum absolute atomic E-state index is 0.0526. The molecule has 13 nitrogen and oxygen atoms in total. The summed E-state index contributed by atoms with van der Waals surface area (Å²) in [4.78, 5) is 65.0. The summed E-state index contributed by atoms with van der Waals surface area (Å²) in [5, 5.41) is 26.9. The maximum atomic E-state index is 13.3. The molecule has 0 saturated carbocycles. The van der Waals surface area contributed by atoms with Crippen LogP contribution in [0.1, 0.15) is 57.9 Å². The van der Waals surface area contributed by atoms with Crippen molar-refractivity contribution in [2.24, 2.45) is 17.4 Å². The number of carbonyl (C=O) groups is 5. The first-order valence-corrected chi connectivity index (χ1v) is 13.8. The van der Waals surface area contributed by atoms with E-state index < -0.39 is 60.2 Å². The zero-order chi connectivity index (χ0) is 30.5. The first-order chi connectivity index (χ1) is 19.4. The van der Waals surface area contributed by atoms with Crippen LogP contribution in [0.2, 0.25) is 0 Å². The number of aliphatic carboxylic acids is 2. The van der Waals surface area contributed by atoms with Crippen molar-refractivity contribution < 1.29 is 34.2 Å². The topological polar surface area (TPSA) is 230 Å². The van der Waals surface area contributed by atoms with Crippen molar-refractivity contribution in [1.82, 2.24) is 20.9 Å². The molecule has 1 aromatic heterocycles. The summed E-state index contributed by atoms with van der Waals surface area (Å²) in [6.07, 6.45) is 2.84. The van der Waals surface area contributed by atoms with Gasteiger partial charge in [-0.25, -0.2) is 4.79 Å². The number of H-pyrrole nitrogens is 1. The fourth-order valence-electron chi connectivity index (χ4n) is 4.44. The Balaban J connectivity index is 2.13. The molecule has 13 heteroatoms. The van der Waals surface area contributed by atoms with Gasteiger partial charge in [0.25, 0.3) is 0 Å². The fourth-order valence-corrected chi connectivity index (χ4v) is 4.44. The predicted octanol–water partition coefficient (Wildman–Crippen LogP) is 0.617. The lowest BCUT2D eigenvalue weighted by Crippen LogP contribution is -2.57. The van der Waals surface area contributed by atoms with Gasteiger partial charge in [-0.2, -0.15) is 0 Å². The molecule has 0 radical (unpaired) electrons. The highest BCUT2D eigenvalue weighted by Crippen LogP contribution is 2.19. The highest BCUT2D eigenvalue weighted by Gasteiger charge is 2.31. The van der Waals surface area contributed by atoms with Crippen molar-refractivity contribution in [3.8, 4) is 0 Å². The molecule has 0 aliphatic heterocycles. The Morgan fingerprint density at radius 2 is 1.51 bits per heavy atom. The maximum absolute atomic E-state index is 13.3. The van der Waals surface area contributed by atoms with Crippen molar-refractivity contribution in [2.45, 2.75) is 83.0 Å². The van der Waals surface area contributed by atoms with E-state index >= 15 is 0 Å². The number of hydrogen-bond acceptors (Lipinski definition) is 7. The van der Waals surface area contributed by atoms with E-state index in [1.807, 2.05) is 38.1 Å². The zero-order valence-corrected chi connectivity index (χ0v) is 23.5. The Bertz CT molecular complexity index is 1200. The number of unbranched alkanes of at least 4 members (excludes halogenated alkanes) is 1. The molecular formula is C28H42N6O7. The van der Waals surface area contributed by atoms with Crippen LogP contribution >= 0.6 is 0 Å². The normalized spacial score (nSPS) is 14.2. The molecule has 0 bridgehead atoms. The molecular weight excluding hydrogens is 532 g/mol. The van der Waals surface area contributed by atoms with Gasteiger partial charge in [-0.05, 0) is 62.6 Å². The van der Waals surface area contributed by atoms with E-state index in [1.165, 1.54) is 0 Å². The van der Waals surface area contributed by atoms with Gasteiger partial charge in [0.2, 0.25) is 17.7 Å². The number of carboxylic acids is 2. The van der Waals surface area contributed by atoms with Gasteiger partial charge in [0.05, 0.1) is 6.04 Å². The largest absolute Gasteiger partial charge is 0.481 e. The molecule has 4 unspecified atom stereocenters. The van der Waals surface area contributed by atoms with Gasteiger partial charge in [0.1, 0.15) is 18.1 Å². The molecule has 226 valence electrons. The lowest BCUT2D eigenvalue weighted by Gasteiger charge is -2.26. The summed E-state index contributed by atoms with van der Waals surface area (Å²) in [6.45, 7) is 4.05. The fraction of sp³-hybridized carbons (Fsp3) is 0.536. The monoisotopic (exact) mass is 574 g/mol. The molecule has 0 aliphatic rings. The third-order valence-electron chi connectivity index (χ3n) is 6.63. The lowest BCUT2D eigenvalue weighted by atomic mass is 10.0. The highest BCUT2D eigenvalue weighted by molar-refractivity contribution is 5.94. The Hall–Kier alpha value is -3.97. The SMILES string of the molecule is CC(C)CC(NC(=O)C(CCCCN)NC(=O)C(N)Cc1c[nH]c2ccccc12)C(=O)NC(CCC(=O)O)C(=O)O. The average Bonchev–Trinajstić information content (AvgIpc) is 3.31. The van der Waals surface area contributed by atoms with Crippen molar-refractivity contribution >= 4 is 40.6 Å². The predicted molar refractivity (Wildman–Crippen MR) is 153 cm³/mol. The number of aromatic nitrogens is 1. The minimum atomic E-state index is -1.44. The number of rotatable bonds is 18. The van der Waals surface area contributed by atoms with E-state index in [2.05, 4.69) is 20.9 Å². The Morgan fingerprint density at radius 1 is 0.878 bits per heavy atom. The third kappa shape index (κ3) is 10.8. The number of hydrogen-bond donors (Lipinski definition) is 8. The number of benzene rings is 1. The summed E-state index contributed by atoms with van der Waals surface area (Å²) in [6, 6.07) is 3.12. The molecule has 3 amide bonds. The van der Waals surface area contributed by atoms with E-state index in [9.17, 15) is 29.1 Å². The van der Waals surface area contributed by atoms with Gasteiger partial charge < -0.3 is 42.6 Å². The Kier molecular flexibility index (Phi) is 13.2. The van der Waals surface area contributed by atoms with Crippen molar-refractivity contribution in [2.75, 3.05) is 6.54 Å². The maximum Gasteiger partial charge on any atom is 0.326 e. The smallest absolute Gasteiger partial charge is 0.326 e. The van der Waals surface area contributed by atoms with Crippen LogP contribution in [0.4, 0.5) is 0 Å². The second-order valence-corrected chi connectivity index (χ2v) is 10.5. The molecule has 41 heavy (non-hydrogen) atoms. The molecule has 0 spiro atoms. The standard InChI is InChI=1S/C28H42N6O7/c1-16(2)13-23(27(39)33-22(28(40)41)10-11-24(35)36)34-26(38)21(9-5-6-12-29)32-25(37)19(30)14-17-15-31-20-8-4-3-7-18(17)20/h3-4,7-8,15-16,19,21-23,31H,5-6,9-14,29-30H2,1-2H3,(H,32,37)(H,33,39)(H,34,38)(H,35,36)(H,40,41). The summed E-state index contributed by atoms with van der Waals surface area (Å²) in [5.74, 6) is -4.54. The van der Waals surface area contributed by atoms with Crippen LogP contribution in [-0.4, -0.2) is 75.6 Å². The second-order valence-electron chi connectivity index (χ2n) is 10.5. The van der Waals surface area contributed by atoms with Crippen molar-refractivity contribution in [3.63, 3.8) is 0 Å². The molecule has 4 atom stereocenters. The number of nitrogens with two attached hydrogens (primary N) is 2. The van der Waals surface area contributed by atoms with E-state index in [1.54, 1.807) is 6.20 Å². The third-order valence-corrected chi connectivity index (χ3v) is 6.63. The first-order valence-electron chi connectivity index (χ1n) is 13.8. The summed E-state index contributed by atoms with van der Waals surface area (Å²) < 4.78 is 0. The van der Waals surface area contributed by atoms with Crippen LogP contribution in [0.5, 0.6) is 0 Å². The van der Waals surface area contributed by atoms with Crippen LogP contribution in [-0.2, 0) is 30.4 Å². The van der Waals surface area contributed by atoms with E-state index in [4.69, 9.17) is 16.6 Å². The Labute approximate surface area is 238 Å². The molecule has 1 heterocycles. The van der Waals surface area contributed by atoms with Gasteiger partial charge in [-0.1, -0.05) is 32.0 Å². The molecule has 1 aromatic carbocycles. The van der Waals surface area contributed by atoms with Crippen LogP contribution in [0.25, 0.3) is 10.9 Å². The number of amides is 3. The number of aromatic amines is 1. The number of para-hydroxylation sites is 1. The van der Waals surface area contributed by atoms with Gasteiger partial charge >= 0.3 is 11.9 Å². The van der Waals surface area contributed by atoms with Crippen molar-refractivity contribution in [3.05, 3.63) is 36.0 Å². The molecule has 2 rings (SSSR count). The van der Waals surface area contributed by atoms with Crippen LogP contribution < -0.4 is 27.4 Å². The van der Waals surface area contributed by atoms with Crippen LogP contribution in [0, 0.1) is 5.92 Å². The molecule has 0 aliphatic carbocycles. The van der Waals surface area contributed by atoms with E-state index in [0.29, 0.717) is 19.4 Å². The van der Waals surface area contributed by atoms with E-state index in [-0.39, 0.29) is 31.6 Å². The van der Waals surface area contributed by atoms with Crippen LogP contribution in [0.15, 0.2) is 30.5 Å². The summed E-state index contributed by atoms with van der Waals surface area (Å²) in [7, 11) is 0. The molecule has 10 N–H and O–H groups in total. The van der Waals surface area contributed by atoms with E-state index in [0.717, 1.165) is 16.5 Å². The second kappa shape index (κ2) is 16.3. The molecule has 0 fully saturated rings. The number of fused-ring (bicyclic) bond motifs is 1. The molecule has 2 aromatic rings. The number of carbonyl (C=O) groups excluding carboxylic acids is 3. The zero-order valence-electron chi connectivity index (χ0n) is 23.5. The van der Waals surface area contributed by atoms with Gasteiger partial charge in [0.15, 0.2) is 0 Å². The lowest BCUT2D eigenvalue weighted by molar-refractivity contribution is -0.143. The molecule has 0 saturated heterocycles.